The minimum Gasteiger partial charge on any atom is -0.367 e. The van der Waals surface area contributed by atoms with Gasteiger partial charge < -0.3 is 4.90 Å². The molecule has 0 radical (unpaired) electrons. The molecule has 114 valence electrons. The minimum absolute atomic E-state index is 0.419. The van der Waals surface area contributed by atoms with Gasteiger partial charge in [0.25, 0.3) is 0 Å². The molecule has 23 heavy (non-hydrogen) atoms. The predicted octanol–water partition coefficient (Wildman–Crippen LogP) is 3.62. The number of hydrogen-bond donors (Lipinski definition) is 0. The molecule has 2 heteroatoms. The Hall–Kier alpha value is -2.61. The van der Waals surface area contributed by atoms with Crippen molar-refractivity contribution < 1.29 is 4.57 Å². The lowest BCUT2D eigenvalue weighted by molar-refractivity contribution is -0.646. The molecule has 0 spiro atoms. The third-order valence-corrected chi connectivity index (χ3v) is 4.91. The Morgan fingerprint density at radius 2 is 1.83 bits per heavy atom. The summed E-state index contributed by atoms with van der Waals surface area (Å²) in [5.41, 5.74) is 3.71. The second-order valence-corrected chi connectivity index (χ2v) is 6.25. The van der Waals surface area contributed by atoms with Gasteiger partial charge in [-0.3, -0.25) is 0 Å². The van der Waals surface area contributed by atoms with Crippen LogP contribution in [0.5, 0.6) is 0 Å². The molecule has 0 unspecified atom stereocenters. The molecule has 0 saturated heterocycles. The van der Waals surface area contributed by atoms with Gasteiger partial charge in [-0.25, -0.2) is 0 Å². The van der Waals surface area contributed by atoms with Gasteiger partial charge >= 0.3 is 0 Å². The van der Waals surface area contributed by atoms with E-state index < -0.39 is 0 Å². The number of para-hydroxylation sites is 1. The number of hydrogen-bond acceptors (Lipinski definition) is 1. The standard InChI is InChI=1S/C21H21N2/c1-22-18(13-11-16-7-3-5-9-20(16)22)15-19-14-12-17-8-4-6-10-21(17)23(19)2/h3-16,20H,1-2H3/q+1/t16-,20+/m1/s1. The maximum atomic E-state index is 2.36. The van der Waals surface area contributed by atoms with Crippen LogP contribution in [0, 0.1) is 5.92 Å². The molecule has 0 bridgehead atoms. The van der Waals surface area contributed by atoms with Crippen molar-refractivity contribution in [1.29, 1.82) is 0 Å². The van der Waals surface area contributed by atoms with Crippen molar-refractivity contribution in [2.24, 2.45) is 13.0 Å². The topological polar surface area (TPSA) is 7.12 Å². The van der Waals surface area contributed by atoms with E-state index in [0.717, 1.165) is 0 Å². The van der Waals surface area contributed by atoms with Crippen molar-refractivity contribution in [2.75, 3.05) is 7.05 Å². The maximum absolute atomic E-state index is 2.36. The molecule has 0 saturated carbocycles. The van der Waals surface area contributed by atoms with Crippen LogP contribution in [0.25, 0.3) is 17.0 Å². The number of aryl methyl sites for hydroxylation is 1. The molecule has 1 aliphatic heterocycles. The highest BCUT2D eigenvalue weighted by atomic mass is 15.1. The van der Waals surface area contributed by atoms with Crippen LogP contribution < -0.4 is 4.57 Å². The Labute approximate surface area is 137 Å². The summed E-state index contributed by atoms with van der Waals surface area (Å²) in [7, 11) is 4.31. The summed E-state index contributed by atoms with van der Waals surface area (Å²) in [6.45, 7) is 0. The first-order valence-corrected chi connectivity index (χ1v) is 8.09. The molecular weight excluding hydrogens is 280 g/mol. The number of benzene rings is 1. The third kappa shape index (κ3) is 2.40. The molecule has 0 N–H and O–H groups in total. The predicted molar refractivity (Wildman–Crippen MR) is 95.6 cm³/mol. The van der Waals surface area contributed by atoms with Crippen molar-refractivity contribution in [3.63, 3.8) is 0 Å². The summed E-state index contributed by atoms with van der Waals surface area (Å²) >= 11 is 0. The summed E-state index contributed by atoms with van der Waals surface area (Å²) in [6, 6.07) is 13.3. The number of rotatable bonds is 1. The summed E-state index contributed by atoms with van der Waals surface area (Å²) in [6.07, 6.45) is 15.6. The minimum atomic E-state index is 0.419. The number of nitrogens with zero attached hydrogens (tertiary/aromatic N) is 2. The number of likely N-dealkylation sites (N-methyl/N-ethyl adjacent to an activating group) is 1. The lowest BCUT2D eigenvalue weighted by Gasteiger charge is -2.36. The number of pyridine rings is 1. The zero-order valence-corrected chi connectivity index (χ0v) is 13.6. The highest BCUT2D eigenvalue weighted by Crippen LogP contribution is 2.28. The van der Waals surface area contributed by atoms with E-state index in [4.69, 9.17) is 0 Å². The highest BCUT2D eigenvalue weighted by molar-refractivity contribution is 5.76. The van der Waals surface area contributed by atoms with E-state index in [1.165, 1.54) is 22.3 Å². The fourth-order valence-corrected chi connectivity index (χ4v) is 3.48. The van der Waals surface area contributed by atoms with Gasteiger partial charge in [-0.2, -0.15) is 4.57 Å². The van der Waals surface area contributed by atoms with Gasteiger partial charge in [0.05, 0.1) is 6.04 Å². The van der Waals surface area contributed by atoms with E-state index >= 15 is 0 Å². The zero-order chi connectivity index (χ0) is 15.8. The van der Waals surface area contributed by atoms with Gasteiger partial charge in [0.1, 0.15) is 7.05 Å². The van der Waals surface area contributed by atoms with Crippen molar-refractivity contribution in [2.45, 2.75) is 6.04 Å². The van der Waals surface area contributed by atoms with Crippen LogP contribution in [0.2, 0.25) is 0 Å². The largest absolute Gasteiger partial charge is 0.367 e. The average Bonchev–Trinajstić information content (AvgIpc) is 2.60. The monoisotopic (exact) mass is 301 g/mol. The second-order valence-electron chi connectivity index (χ2n) is 6.25. The first-order chi connectivity index (χ1) is 11.2. The summed E-state index contributed by atoms with van der Waals surface area (Å²) in [5, 5.41) is 1.27. The van der Waals surface area contributed by atoms with Gasteiger partial charge in [0.2, 0.25) is 11.2 Å². The van der Waals surface area contributed by atoms with E-state index in [0.29, 0.717) is 12.0 Å². The molecule has 1 aromatic heterocycles. The Bertz CT molecular complexity index is 871. The zero-order valence-electron chi connectivity index (χ0n) is 13.6. The molecule has 0 amide bonds. The Balaban J connectivity index is 1.77. The van der Waals surface area contributed by atoms with Crippen LogP contribution in [-0.2, 0) is 7.05 Å². The second kappa shape index (κ2) is 5.54. The maximum Gasteiger partial charge on any atom is 0.212 e. The Morgan fingerprint density at radius 3 is 2.74 bits per heavy atom. The van der Waals surface area contributed by atoms with Crippen LogP contribution >= 0.6 is 0 Å². The van der Waals surface area contributed by atoms with E-state index in [-0.39, 0.29) is 0 Å². The number of fused-ring (bicyclic) bond motifs is 2. The number of aromatic nitrogens is 1. The van der Waals surface area contributed by atoms with Gasteiger partial charge in [0, 0.05) is 42.3 Å². The fraction of sp³-hybridized carbons (Fsp3) is 0.190. The fourth-order valence-electron chi connectivity index (χ4n) is 3.48. The lowest BCUT2D eigenvalue weighted by atomic mass is 9.90. The molecular formula is C21H21N2+. The van der Waals surface area contributed by atoms with E-state index in [1.807, 2.05) is 0 Å². The summed E-state index contributed by atoms with van der Waals surface area (Å²) < 4.78 is 2.26. The molecule has 2 nitrogen and oxygen atoms in total. The smallest absolute Gasteiger partial charge is 0.212 e. The number of allylic oxidation sites excluding steroid dienone is 3. The first-order valence-electron chi connectivity index (χ1n) is 8.09. The third-order valence-electron chi connectivity index (χ3n) is 4.91. The van der Waals surface area contributed by atoms with Gasteiger partial charge in [-0.05, 0) is 18.2 Å². The van der Waals surface area contributed by atoms with Crippen LogP contribution in [0.1, 0.15) is 5.69 Å². The molecule has 2 aliphatic rings. The quantitative estimate of drug-likeness (QED) is 0.730. The SMILES string of the molecule is CN1/C(=C/c2ccc3ccccc3[n+]2C)C=C[C@H]2C=CC=C[C@@H]21. The lowest BCUT2D eigenvalue weighted by Crippen LogP contribution is -2.38. The van der Waals surface area contributed by atoms with Gasteiger partial charge in [-0.1, -0.05) is 42.5 Å². The van der Waals surface area contributed by atoms with E-state index in [2.05, 4.69) is 102 Å². The molecule has 4 rings (SSSR count). The van der Waals surface area contributed by atoms with Crippen LogP contribution in [0.4, 0.5) is 0 Å². The van der Waals surface area contributed by atoms with E-state index in [1.54, 1.807) is 0 Å². The molecule has 0 fully saturated rings. The molecule has 1 aromatic carbocycles. The van der Waals surface area contributed by atoms with E-state index in [9.17, 15) is 0 Å². The average molecular weight is 301 g/mol. The van der Waals surface area contributed by atoms with Crippen molar-refractivity contribution in [1.82, 2.24) is 4.90 Å². The summed E-state index contributed by atoms with van der Waals surface area (Å²) in [4.78, 5) is 2.36. The van der Waals surface area contributed by atoms with Gasteiger partial charge in [0.15, 0.2) is 0 Å². The van der Waals surface area contributed by atoms with Crippen LogP contribution in [0.15, 0.2) is 78.6 Å². The van der Waals surface area contributed by atoms with Crippen molar-refractivity contribution in [3.05, 3.63) is 84.2 Å². The van der Waals surface area contributed by atoms with Gasteiger partial charge in [-0.15, -0.1) is 0 Å². The molecule has 1 aliphatic carbocycles. The summed E-state index contributed by atoms with van der Waals surface area (Å²) in [5.74, 6) is 0.479. The first kappa shape index (κ1) is 14.0. The molecule has 2 atom stereocenters. The molecule has 2 aromatic rings. The van der Waals surface area contributed by atoms with Crippen molar-refractivity contribution >= 4 is 17.0 Å². The normalized spacial score (nSPS) is 24.4. The Morgan fingerprint density at radius 1 is 1.00 bits per heavy atom. The molecule has 2 heterocycles. The van der Waals surface area contributed by atoms with Crippen LogP contribution in [0.3, 0.4) is 0 Å². The van der Waals surface area contributed by atoms with Crippen LogP contribution in [-0.4, -0.2) is 18.0 Å². The Kier molecular flexibility index (Phi) is 3.38. The highest BCUT2D eigenvalue weighted by Gasteiger charge is 2.25. The van der Waals surface area contributed by atoms with Crippen molar-refractivity contribution in [3.8, 4) is 0 Å².